The maximum absolute atomic E-state index is 12.8. The lowest BCUT2D eigenvalue weighted by atomic mass is 9.95. The molecule has 3 N–H and O–H groups in total. The first-order valence-corrected chi connectivity index (χ1v) is 8.81. The Morgan fingerprint density at radius 1 is 1.19 bits per heavy atom. The van der Waals surface area contributed by atoms with E-state index in [2.05, 4.69) is 6.08 Å². The van der Waals surface area contributed by atoms with Gasteiger partial charge in [-0.05, 0) is 63.8 Å². The summed E-state index contributed by atoms with van der Waals surface area (Å²) in [5.74, 6) is 0.0612. The van der Waals surface area contributed by atoms with Gasteiger partial charge in [-0.15, -0.1) is 0 Å². The summed E-state index contributed by atoms with van der Waals surface area (Å²) >= 11 is 0. The summed E-state index contributed by atoms with van der Waals surface area (Å²) in [4.78, 5) is 12.8. The molecule has 136 valence electrons. The average Bonchev–Trinajstić information content (AvgIpc) is 2.79. The topological polar surface area (TPSA) is 63.3 Å². The Balaban J connectivity index is 2.32. The second-order valence-corrected chi connectivity index (χ2v) is 6.86. The van der Waals surface area contributed by atoms with E-state index in [0.717, 1.165) is 23.1 Å². The molecule has 0 spiro atoms. The molecule has 0 bridgehead atoms. The van der Waals surface area contributed by atoms with Crippen LogP contribution in [0.15, 0.2) is 71.0 Å². The second kappa shape index (κ2) is 8.52. The molecule has 0 amide bonds. The minimum Gasteiger partial charge on any atom is -0.508 e. The summed E-state index contributed by atoms with van der Waals surface area (Å²) in [7, 11) is 0. The molecule has 0 saturated heterocycles. The third kappa shape index (κ3) is 4.85. The van der Waals surface area contributed by atoms with E-state index in [-0.39, 0.29) is 11.5 Å². The van der Waals surface area contributed by atoms with Crippen molar-refractivity contribution in [2.75, 3.05) is 0 Å². The standard InChI is InChI=1S/C23H27NO2/c1-15(2)8-11-19-17(4)20(12-13-22(19)25)23(26)14-21(24)18-7-5-6-16(3)9-10-18/h6-10,12-14,25H,5,11,24H2,1-4H3/b21-14-. The van der Waals surface area contributed by atoms with Crippen LogP contribution in [0.4, 0.5) is 0 Å². The Labute approximate surface area is 155 Å². The van der Waals surface area contributed by atoms with Crippen molar-refractivity contribution in [1.29, 1.82) is 0 Å². The van der Waals surface area contributed by atoms with Crippen molar-refractivity contribution < 1.29 is 9.90 Å². The van der Waals surface area contributed by atoms with E-state index in [4.69, 9.17) is 5.73 Å². The molecule has 0 saturated carbocycles. The zero-order valence-corrected chi connectivity index (χ0v) is 16.0. The second-order valence-electron chi connectivity index (χ2n) is 6.86. The highest BCUT2D eigenvalue weighted by Gasteiger charge is 2.14. The van der Waals surface area contributed by atoms with E-state index in [1.807, 2.05) is 52.0 Å². The van der Waals surface area contributed by atoms with Gasteiger partial charge in [0, 0.05) is 22.9 Å². The summed E-state index contributed by atoms with van der Waals surface area (Å²) < 4.78 is 0. The van der Waals surface area contributed by atoms with Gasteiger partial charge in [-0.3, -0.25) is 4.79 Å². The maximum Gasteiger partial charge on any atom is 0.188 e. The van der Waals surface area contributed by atoms with Gasteiger partial charge in [0.05, 0.1) is 0 Å². The number of carbonyl (C=O) groups excluding carboxylic acids is 1. The minimum atomic E-state index is -0.151. The van der Waals surface area contributed by atoms with Gasteiger partial charge in [0.25, 0.3) is 0 Å². The summed E-state index contributed by atoms with van der Waals surface area (Å²) in [6, 6.07) is 3.24. The van der Waals surface area contributed by atoms with Crippen molar-refractivity contribution in [3.63, 3.8) is 0 Å². The Morgan fingerprint density at radius 2 is 1.92 bits per heavy atom. The number of hydrogen-bond donors (Lipinski definition) is 2. The van der Waals surface area contributed by atoms with Crippen molar-refractivity contribution in [3.8, 4) is 5.75 Å². The van der Waals surface area contributed by atoms with Gasteiger partial charge < -0.3 is 10.8 Å². The van der Waals surface area contributed by atoms with E-state index in [0.29, 0.717) is 17.7 Å². The number of phenols is 1. The van der Waals surface area contributed by atoms with Crippen molar-refractivity contribution in [1.82, 2.24) is 0 Å². The molecule has 1 aliphatic carbocycles. The molecule has 0 radical (unpaired) electrons. The Kier molecular flexibility index (Phi) is 6.40. The lowest BCUT2D eigenvalue weighted by Gasteiger charge is -2.11. The fraction of sp³-hybridized carbons (Fsp3) is 0.261. The van der Waals surface area contributed by atoms with E-state index in [9.17, 15) is 9.90 Å². The Morgan fingerprint density at radius 3 is 2.62 bits per heavy atom. The first-order chi connectivity index (χ1) is 12.3. The van der Waals surface area contributed by atoms with Crippen LogP contribution in [0.2, 0.25) is 0 Å². The van der Waals surface area contributed by atoms with Gasteiger partial charge >= 0.3 is 0 Å². The van der Waals surface area contributed by atoms with Crippen LogP contribution in [-0.2, 0) is 6.42 Å². The number of phenolic OH excluding ortho intramolecular Hbond substituents is 1. The van der Waals surface area contributed by atoms with Crippen molar-refractivity contribution >= 4 is 5.78 Å². The fourth-order valence-corrected chi connectivity index (χ4v) is 2.82. The van der Waals surface area contributed by atoms with Gasteiger partial charge in [-0.25, -0.2) is 0 Å². The molecule has 0 fully saturated rings. The SMILES string of the molecule is CC(C)=CCc1c(O)ccc(C(=O)/C=C(\N)C2=CCC=C(C)C=C2)c1C. The molecular weight excluding hydrogens is 322 g/mol. The largest absolute Gasteiger partial charge is 0.508 e. The van der Waals surface area contributed by atoms with Crippen LogP contribution in [0.1, 0.15) is 48.7 Å². The summed E-state index contributed by atoms with van der Waals surface area (Å²) in [6.07, 6.45) is 12.9. The molecule has 26 heavy (non-hydrogen) atoms. The number of rotatable bonds is 5. The van der Waals surface area contributed by atoms with Gasteiger partial charge in [-0.2, -0.15) is 0 Å². The lowest BCUT2D eigenvalue weighted by Crippen LogP contribution is -2.07. The molecule has 0 unspecified atom stereocenters. The molecule has 3 heteroatoms. The van der Waals surface area contributed by atoms with Crippen LogP contribution in [-0.4, -0.2) is 10.9 Å². The molecular formula is C23H27NO2. The van der Waals surface area contributed by atoms with Crippen LogP contribution < -0.4 is 5.73 Å². The van der Waals surface area contributed by atoms with E-state index >= 15 is 0 Å². The van der Waals surface area contributed by atoms with Gasteiger partial charge in [-0.1, -0.05) is 41.5 Å². The first-order valence-electron chi connectivity index (χ1n) is 8.81. The Hall–Kier alpha value is -2.81. The van der Waals surface area contributed by atoms with Crippen LogP contribution in [0, 0.1) is 6.92 Å². The quantitative estimate of drug-likeness (QED) is 0.443. The highest BCUT2D eigenvalue weighted by molar-refractivity contribution is 6.06. The third-order valence-electron chi connectivity index (χ3n) is 4.48. The van der Waals surface area contributed by atoms with Crippen molar-refractivity contribution in [2.24, 2.45) is 5.73 Å². The Bertz CT molecular complexity index is 860. The predicted octanol–water partition coefficient (Wildman–Crippen LogP) is 5.07. The van der Waals surface area contributed by atoms with Gasteiger partial charge in [0.15, 0.2) is 5.78 Å². The van der Waals surface area contributed by atoms with Crippen molar-refractivity contribution in [2.45, 2.75) is 40.5 Å². The molecule has 1 aliphatic rings. The number of ketones is 1. The number of benzene rings is 1. The molecule has 0 atom stereocenters. The molecule has 0 aliphatic heterocycles. The molecule has 0 aromatic heterocycles. The molecule has 3 nitrogen and oxygen atoms in total. The average molecular weight is 349 g/mol. The molecule has 1 aromatic rings. The molecule has 1 aromatic carbocycles. The molecule has 0 heterocycles. The number of hydrogen-bond acceptors (Lipinski definition) is 3. The smallest absolute Gasteiger partial charge is 0.188 e. The maximum atomic E-state index is 12.8. The van der Waals surface area contributed by atoms with E-state index in [1.165, 1.54) is 17.2 Å². The molecule has 2 rings (SSSR count). The zero-order chi connectivity index (χ0) is 19.3. The zero-order valence-electron chi connectivity index (χ0n) is 16.0. The third-order valence-corrected chi connectivity index (χ3v) is 4.48. The van der Waals surface area contributed by atoms with Crippen LogP contribution >= 0.6 is 0 Å². The highest BCUT2D eigenvalue weighted by atomic mass is 16.3. The first kappa shape index (κ1) is 19.5. The number of aromatic hydroxyl groups is 1. The van der Waals surface area contributed by atoms with Crippen molar-refractivity contribution in [3.05, 3.63) is 87.7 Å². The summed E-state index contributed by atoms with van der Waals surface area (Å²) in [5.41, 5.74) is 11.9. The lowest BCUT2D eigenvalue weighted by molar-refractivity contribution is 0.104. The van der Waals surface area contributed by atoms with Crippen LogP contribution in [0.25, 0.3) is 0 Å². The van der Waals surface area contributed by atoms with Gasteiger partial charge in [0.2, 0.25) is 0 Å². The number of carbonyl (C=O) groups is 1. The van der Waals surface area contributed by atoms with E-state index in [1.54, 1.807) is 12.1 Å². The predicted molar refractivity (Wildman–Crippen MR) is 108 cm³/mol. The highest BCUT2D eigenvalue weighted by Crippen LogP contribution is 2.26. The van der Waals surface area contributed by atoms with Gasteiger partial charge in [0.1, 0.15) is 5.75 Å². The minimum absolute atomic E-state index is 0.151. The normalized spacial score (nSPS) is 14.4. The monoisotopic (exact) mass is 349 g/mol. The summed E-state index contributed by atoms with van der Waals surface area (Å²) in [6.45, 7) is 7.92. The van der Waals surface area contributed by atoms with E-state index < -0.39 is 0 Å². The number of allylic oxidation sites excluding steroid dienone is 8. The fourth-order valence-electron chi connectivity index (χ4n) is 2.82. The summed E-state index contributed by atoms with van der Waals surface area (Å²) in [5, 5.41) is 10.1. The van der Waals surface area contributed by atoms with Crippen LogP contribution in [0.5, 0.6) is 5.75 Å². The number of nitrogens with two attached hydrogens (primary N) is 1. The van der Waals surface area contributed by atoms with Crippen LogP contribution in [0.3, 0.4) is 0 Å².